The van der Waals surface area contributed by atoms with Crippen LogP contribution in [0.2, 0.25) is 0 Å². The summed E-state index contributed by atoms with van der Waals surface area (Å²) < 4.78 is 42.6. The number of aliphatic hydroxyl groups is 1. The number of allylic oxidation sites excluding steroid dienone is 2. The third-order valence-corrected chi connectivity index (χ3v) is 7.01. The van der Waals surface area contributed by atoms with Gasteiger partial charge in [0.15, 0.2) is 0 Å². The Morgan fingerprint density at radius 2 is 1.90 bits per heavy atom. The maximum atomic E-state index is 12.9. The molecule has 10 heteroatoms. The lowest BCUT2D eigenvalue weighted by atomic mass is 9.78. The van der Waals surface area contributed by atoms with Crippen LogP contribution in [0.15, 0.2) is 22.5 Å². The van der Waals surface area contributed by atoms with Gasteiger partial charge in [-0.3, -0.25) is 4.79 Å². The highest BCUT2D eigenvalue weighted by Gasteiger charge is 2.46. The number of halogens is 3. The molecule has 3 rings (SSSR count). The molecule has 1 spiro atoms. The number of hydrogen-bond acceptors (Lipinski definition) is 5. The monoisotopic (exact) mass is 448 g/mol. The Bertz CT molecular complexity index is 717. The van der Waals surface area contributed by atoms with Crippen LogP contribution in [-0.2, 0) is 9.53 Å². The molecular weight excluding hydrogens is 421 g/mol. The lowest BCUT2D eigenvalue weighted by Crippen LogP contribution is -2.47. The van der Waals surface area contributed by atoms with Gasteiger partial charge in [-0.2, -0.15) is 13.2 Å². The zero-order valence-electron chi connectivity index (χ0n) is 16.9. The fourth-order valence-electron chi connectivity index (χ4n) is 4.12. The largest absolute Gasteiger partial charge is 0.434 e. The highest BCUT2D eigenvalue weighted by Crippen LogP contribution is 2.42. The number of piperidine rings is 1. The van der Waals surface area contributed by atoms with Gasteiger partial charge in [0, 0.05) is 26.2 Å². The van der Waals surface area contributed by atoms with E-state index in [-0.39, 0.29) is 30.3 Å². The molecule has 30 heavy (non-hydrogen) atoms. The van der Waals surface area contributed by atoms with E-state index in [2.05, 4.69) is 17.7 Å². The number of alkyl halides is 3. The summed E-state index contributed by atoms with van der Waals surface area (Å²) in [4.78, 5) is 28.8. The van der Waals surface area contributed by atoms with E-state index in [1.807, 2.05) is 16.4 Å². The van der Waals surface area contributed by atoms with Gasteiger partial charge in [0.25, 0.3) is 5.91 Å². The Morgan fingerprint density at radius 1 is 1.27 bits per heavy atom. The lowest BCUT2D eigenvalue weighted by Gasteiger charge is -2.39. The maximum absolute atomic E-state index is 12.9. The molecule has 3 heterocycles. The number of ether oxygens (including phenoxy) is 1. The maximum Gasteiger partial charge on any atom is 0.427 e. The fourth-order valence-corrected chi connectivity index (χ4v) is 5.03. The van der Waals surface area contributed by atoms with E-state index in [1.54, 1.807) is 0 Å². The fraction of sp³-hybridized carbons (Fsp3) is 0.700. The zero-order chi connectivity index (χ0) is 21.9. The van der Waals surface area contributed by atoms with Crippen molar-refractivity contribution in [3.63, 3.8) is 0 Å². The zero-order valence-corrected chi connectivity index (χ0v) is 17.7. The molecule has 0 aromatic carbocycles. The summed E-state index contributed by atoms with van der Waals surface area (Å²) in [6.45, 7) is 2.55. The molecule has 2 atom stereocenters. The smallest absolute Gasteiger partial charge is 0.427 e. The van der Waals surface area contributed by atoms with Gasteiger partial charge in [-0.15, -0.1) is 0 Å². The minimum absolute atomic E-state index is 0.0254. The Labute approximate surface area is 178 Å². The molecule has 3 aliphatic heterocycles. The number of carbonyl (C=O) groups excluding carboxylic acids is 2. The molecule has 1 unspecified atom stereocenters. The number of amides is 2. The molecule has 2 fully saturated rings. The van der Waals surface area contributed by atoms with Gasteiger partial charge in [0.2, 0.25) is 6.10 Å². The van der Waals surface area contributed by atoms with Crippen LogP contribution in [0.1, 0.15) is 32.6 Å². The van der Waals surface area contributed by atoms with Crippen LogP contribution >= 0.6 is 11.8 Å². The normalized spacial score (nSPS) is 24.7. The first-order chi connectivity index (χ1) is 14.2. The van der Waals surface area contributed by atoms with Crippen molar-refractivity contribution >= 4 is 23.8 Å². The minimum atomic E-state index is -4.80. The molecule has 0 saturated carbocycles. The molecule has 0 aromatic heterocycles. The molecule has 0 aromatic rings. The van der Waals surface area contributed by atoms with Crippen molar-refractivity contribution < 1.29 is 32.6 Å². The SMILES string of the molecule is CCC1C=CSC(C(=O)N2CCC3(CCN(C(=O)O[C@H](CO)C(F)(F)F)CC3)C2)=C1. The van der Waals surface area contributed by atoms with Crippen LogP contribution in [0.5, 0.6) is 0 Å². The summed E-state index contributed by atoms with van der Waals surface area (Å²) in [6.07, 6.45) is -1.32. The first-order valence-electron chi connectivity index (χ1n) is 10.1. The quantitative estimate of drug-likeness (QED) is 0.713. The molecule has 168 valence electrons. The van der Waals surface area contributed by atoms with Crippen LogP contribution < -0.4 is 0 Å². The summed E-state index contributed by atoms with van der Waals surface area (Å²) in [7, 11) is 0. The molecule has 0 bridgehead atoms. The van der Waals surface area contributed by atoms with Gasteiger partial charge in [-0.05, 0) is 42.4 Å². The minimum Gasteiger partial charge on any atom is -0.434 e. The first kappa shape index (κ1) is 23.0. The van der Waals surface area contributed by atoms with E-state index in [4.69, 9.17) is 5.11 Å². The summed E-state index contributed by atoms with van der Waals surface area (Å²) in [5, 5.41) is 10.8. The predicted octanol–water partition coefficient (Wildman–Crippen LogP) is 3.53. The van der Waals surface area contributed by atoms with Crippen molar-refractivity contribution in [2.75, 3.05) is 32.8 Å². The van der Waals surface area contributed by atoms with E-state index < -0.39 is 25.0 Å². The van der Waals surface area contributed by atoms with Crippen molar-refractivity contribution in [2.45, 2.75) is 44.9 Å². The lowest BCUT2D eigenvalue weighted by molar-refractivity contribution is -0.215. The van der Waals surface area contributed by atoms with E-state index in [1.165, 1.54) is 16.7 Å². The first-order valence-corrected chi connectivity index (χ1v) is 11.0. The summed E-state index contributed by atoms with van der Waals surface area (Å²) in [6, 6.07) is 0. The van der Waals surface area contributed by atoms with Gasteiger partial charge >= 0.3 is 12.3 Å². The highest BCUT2D eigenvalue weighted by atomic mass is 32.2. The van der Waals surface area contributed by atoms with Crippen molar-refractivity contribution in [2.24, 2.45) is 11.3 Å². The molecule has 6 nitrogen and oxygen atoms in total. The highest BCUT2D eigenvalue weighted by molar-refractivity contribution is 8.06. The standard InChI is InChI=1S/C20H27F3N2O4S/c1-2-14-3-10-30-15(11-14)17(27)25-9-6-19(13-25)4-7-24(8-5-19)18(28)29-16(12-26)20(21,22)23/h3,10-11,14,16,26H,2,4-9,12-13H2,1H3/t14?,16-/m1/s1. The van der Waals surface area contributed by atoms with Gasteiger partial charge in [0.05, 0.1) is 11.5 Å². The predicted molar refractivity (Wildman–Crippen MR) is 106 cm³/mol. The third kappa shape index (κ3) is 5.14. The van der Waals surface area contributed by atoms with E-state index in [0.29, 0.717) is 25.9 Å². The molecule has 2 saturated heterocycles. The molecule has 2 amide bonds. The molecule has 0 aliphatic carbocycles. The van der Waals surface area contributed by atoms with Gasteiger partial charge in [-0.1, -0.05) is 30.8 Å². The van der Waals surface area contributed by atoms with Gasteiger partial charge < -0.3 is 19.6 Å². The van der Waals surface area contributed by atoms with Crippen LogP contribution in [0.3, 0.4) is 0 Å². The second kappa shape index (κ2) is 9.21. The number of thioether (sulfide) groups is 1. The van der Waals surface area contributed by atoms with Crippen molar-refractivity contribution in [3.8, 4) is 0 Å². The van der Waals surface area contributed by atoms with Crippen molar-refractivity contribution in [1.29, 1.82) is 0 Å². The van der Waals surface area contributed by atoms with Gasteiger partial charge in [-0.25, -0.2) is 4.79 Å². The van der Waals surface area contributed by atoms with E-state index in [9.17, 15) is 22.8 Å². The topological polar surface area (TPSA) is 70.1 Å². The van der Waals surface area contributed by atoms with Crippen LogP contribution in [0, 0.1) is 11.3 Å². The molecule has 3 aliphatic rings. The Kier molecular flexibility index (Phi) is 7.06. The van der Waals surface area contributed by atoms with E-state index in [0.717, 1.165) is 17.7 Å². The average molecular weight is 449 g/mol. The number of rotatable bonds is 4. The average Bonchev–Trinajstić information content (AvgIpc) is 3.14. The Hall–Kier alpha value is -1.68. The van der Waals surface area contributed by atoms with Crippen molar-refractivity contribution in [3.05, 3.63) is 22.5 Å². The second-order valence-corrected chi connectivity index (χ2v) is 9.06. The molecular formula is C20H27F3N2O4S. The van der Waals surface area contributed by atoms with E-state index >= 15 is 0 Å². The molecule has 0 radical (unpaired) electrons. The Balaban J connectivity index is 1.53. The number of carbonyl (C=O) groups is 2. The summed E-state index contributed by atoms with van der Waals surface area (Å²) >= 11 is 1.43. The Morgan fingerprint density at radius 3 is 2.47 bits per heavy atom. The molecule has 1 N–H and O–H groups in total. The van der Waals surface area contributed by atoms with Crippen molar-refractivity contribution in [1.82, 2.24) is 9.80 Å². The summed E-state index contributed by atoms with van der Waals surface area (Å²) in [5.74, 6) is 0.299. The summed E-state index contributed by atoms with van der Waals surface area (Å²) in [5.41, 5.74) is -0.118. The second-order valence-electron chi connectivity index (χ2n) is 8.11. The number of hydrogen-bond donors (Lipinski definition) is 1. The number of likely N-dealkylation sites (tertiary alicyclic amines) is 2. The third-order valence-electron chi connectivity index (χ3n) is 6.15. The number of nitrogens with zero attached hydrogens (tertiary/aromatic N) is 2. The number of aliphatic hydroxyl groups excluding tert-OH is 1. The van der Waals surface area contributed by atoms with Crippen LogP contribution in [0.25, 0.3) is 0 Å². The van der Waals surface area contributed by atoms with Crippen LogP contribution in [0.4, 0.5) is 18.0 Å². The van der Waals surface area contributed by atoms with Gasteiger partial charge in [0.1, 0.15) is 0 Å². The van der Waals surface area contributed by atoms with Crippen LogP contribution in [-0.4, -0.2) is 72.0 Å².